The summed E-state index contributed by atoms with van der Waals surface area (Å²) < 4.78 is 10.7. The third kappa shape index (κ3) is 11.1. The monoisotopic (exact) mass is 821 g/mol. The van der Waals surface area contributed by atoms with E-state index in [0.717, 1.165) is 27.7 Å². The SMILES string of the molecule is CCC(C)[C@H](NC(=O)CC[C@H](NC(=O)[C@@H](NC(=O)OCc1ccccc1)C(C)CC)C1CCc2[nH]c3c(Cl)cc(Cl)cc3c2C1)C(=O)Nc1ccc(O)c(OC)c1. The van der Waals surface area contributed by atoms with Gasteiger partial charge in [0.25, 0.3) is 0 Å². The number of H-pyrrole nitrogens is 1. The second-order valence-corrected chi connectivity index (χ2v) is 15.8. The molecule has 0 spiro atoms. The minimum atomic E-state index is -0.892. The van der Waals surface area contributed by atoms with E-state index in [2.05, 4.69) is 26.3 Å². The Hall–Kier alpha value is -4.94. The van der Waals surface area contributed by atoms with Gasteiger partial charge in [0, 0.05) is 40.3 Å². The molecule has 12 nitrogen and oxygen atoms in total. The van der Waals surface area contributed by atoms with Gasteiger partial charge in [-0.15, -0.1) is 0 Å². The lowest BCUT2D eigenvalue weighted by atomic mass is 9.80. The summed E-state index contributed by atoms with van der Waals surface area (Å²) in [4.78, 5) is 57.9. The molecule has 4 amide bonds. The number of phenols is 1. The van der Waals surface area contributed by atoms with Crippen LogP contribution >= 0.6 is 23.2 Å². The molecule has 6 N–H and O–H groups in total. The summed E-state index contributed by atoms with van der Waals surface area (Å²) in [5.74, 6) is -1.50. The van der Waals surface area contributed by atoms with Gasteiger partial charge in [0.2, 0.25) is 17.7 Å². The molecule has 57 heavy (non-hydrogen) atoms. The molecule has 1 aliphatic carbocycles. The van der Waals surface area contributed by atoms with E-state index in [1.54, 1.807) is 12.1 Å². The summed E-state index contributed by atoms with van der Waals surface area (Å²) in [5, 5.41) is 23.7. The average molecular weight is 823 g/mol. The summed E-state index contributed by atoms with van der Waals surface area (Å²) in [6.45, 7) is 7.72. The van der Waals surface area contributed by atoms with Gasteiger partial charge in [-0.1, -0.05) is 94.1 Å². The molecule has 0 fully saturated rings. The number of amides is 4. The molecule has 306 valence electrons. The third-order valence-corrected chi connectivity index (χ3v) is 11.6. The van der Waals surface area contributed by atoms with E-state index in [1.807, 2.05) is 64.1 Å². The molecule has 6 atom stereocenters. The normalized spacial score (nSPS) is 16.3. The maximum Gasteiger partial charge on any atom is 0.408 e. The molecule has 0 saturated carbocycles. The molecule has 3 aromatic carbocycles. The first-order chi connectivity index (χ1) is 27.3. The van der Waals surface area contributed by atoms with E-state index in [-0.39, 0.29) is 60.5 Å². The number of aromatic amines is 1. The highest BCUT2D eigenvalue weighted by Gasteiger charge is 2.35. The minimum Gasteiger partial charge on any atom is -0.504 e. The zero-order valence-electron chi connectivity index (χ0n) is 33.0. The number of phenolic OH excluding ortho intramolecular Hbond substituents is 1. The van der Waals surface area contributed by atoms with Crippen LogP contribution in [0.3, 0.4) is 0 Å². The van der Waals surface area contributed by atoms with E-state index in [9.17, 15) is 24.3 Å². The summed E-state index contributed by atoms with van der Waals surface area (Å²) >= 11 is 13.0. The van der Waals surface area contributed by atoms with Crippen molar-refractivity contribution < 1.29 is 33.8 Å². The Morgan fingerprint density at radius 3 is 2.30 bits per heavy atom. The fourth-order valence-electron chi connectivity index (χ4n) is 7.31. The smallest absolute Gasteiger partial charge is 0.408 e. The van der Waals surface area contributed by atoms with Crippen molar-refractivity contribution in [2.75, 3.05) is 12.4 Å². The number of halogens is 2. The van der Waals surface area contributed by atoms with Crippen molar-refractivity contribution >= 4 is 63.6 Å². The van der Waals surface area contributed by atoms with Crippen molar-refractivity contribution in [1.82, 2.24) is 20.9 Å². The number of fused-ring (bicyclic) bond motifs is 3. The van der Waals surface area contributed by atoms with Gasteiger partial charge in [0.1, 0.15) is 18.7 Å². The fourth-order valence-corrected chi connectivity index (χ4v) is 7.85. The van der Waals surface area contributed by atoms with Crippen molar-refractivity contribution in [3.63, 3.8) is 0 Å². The number of hydrogen-bond donors (Lipinski definition) is 6. The second kappa shape index (κ2) is 20.0. The Bertz CT molecular complexity index is 2040. The van der Waals surface area contributed by atoms with Gasteiger partial charge >= 0.3 is 6.09 Å². The Balaban J connectivity index is 1.34. The highest BCUT2D eigenvalue weighted by atomic mass is 35.5. The predicted octanol–water partition coefficient (Wildman–Crippen LogP) is 8.07. The average Bonchev–Trinajstić information content (AvgIpc) is 3.58. The van der Waals surface area contributed by atoms with E-state index in [4.69, 9.17) is 32.7 Å². The molecule has 3 unspecified atom stereocenters. The van der Waals surface area contributed by atoms with Gasteiger partial charge in [-0.2, -0.15) is 0 Å². The van der Waals surface area contributed by atoms with Gasteiger partial charge in [0.05, 0.1) is 17.6 Å². The van der Waals surface area contributed by atoms with Crippen LogP contribution in [0.1, 0.15) is 76.6 Å². The molecular weight excluding hydrogens is 769 g/mol. The number of nitrogens with one attached hydrogen (secondary N) is 5. The van der Waals surface area contributed by atoms with Crippen LogP contribution in [0.5, 0.6) is 11.5 Å². The zero-order chi connectivity index (χ0) is 41.2. The molecule has 1 heterocycles. The van der Waals surface area contributed by atoms with Crippen molar-refractivity contribution in [2.45, 2.75) is 97.4 Å². The highest BCUT2D eigenvalue weighted by Crippen LogP contribution is 2.38. The number of aryl methyl sites for hydroxylation is 1. The maximum atomic E-state index is 14.2. The Labute approximate surface area is 343 Å². The number of benzene rings is 3. The lowest BCUT2D eigenvalue weighted by Crippen LogP contribution is -2.54. The fraction of sp³-hybridized carbons (Fsp3) is 0.442. The van der Waals surface area contributed by atoms with Gasteiger partial charge in [-0.3, -0.25) is 14.4 Å². The molecule has 0 saturated heterocycles. The Morgan fingerprint density at radius 1 is 0.912 bits per heavy atom. The van der Waals surface area contributed by atoms with Crippen LogP contribution in [-0.2, 0) is 38.6 Å². The van der Waals surface area contributed by atoms with Gasteiger partial charge in [-0.05, 0) is 78.8 Å². The first-order valence-electron chi connectivity index (χ1n) is 19.5. The summed E-state index contributed by atoms with van der Waals surface area (Å²) in [7, 11) is 1.42. The zero-order valence-corrected chi connectivity index (χ0v) is 34.6. The lowest BCUT2D eigenvalue weighted by molar-refractivity contribution is -0.128. The van der Waals surface area contributed by atoms with Crippen LogP contribution in [0.15, 0.2) is 60.7 Å². The van der Waals surface area contributed by atoms with Crippen molar-refractivity contribution in [3.05, 3.63) is 87.5 Å². The Kier molecular flexibility index (Phi) is 15.1. The minimum absolute atomic E-state index is 0.0215. The maximum absolute atomic E-state index is 14.2. The number of methoxy groups -OCH3 is 1. The second-order valence-electron chi connectivity index (χ2n) is 14.9. The van der Waals surface area contributed by atoms with Crippen molar-refractivity contribution in [2.24, 2.45) is 17.8 Å². The number of carbonyl (C=O) groups is 4. The van der Waals surface area contributed by atoms with Crippen LogP contribution in [0.2, 0.25) is 10.0 Å². The summed E-state index contributed by atoms with van der Waals surface area (Å²) in [6.07, 6.45) is 2.83. The number of aromatic nitrogens is 1. The molecule has 0 aliphatic heterocycles. The summed E-state index contributed by atoms with van der Waals surface area (Å²) in [5.41, 5.74) is 4.16. The van der Waals surface area contributed by atoms with E-state index >= 15 is 0 Å². The van der Waals surface area contributed by atoms with E-state index < -0.39 is 30.1 Å². The van der Waals surface area contributed by atoms with Gasteiger partial charge in [-0.25, -0.2) is 4.79 Å². The predicted molar refractivity (Wildman–Crippen MR) is 223 cm³/mol. The highest BCUT2D eigenvalue weighted by molar-refractivity contribution is 6.38. The first kappa shape index (κ1) is 43.2. The topological polar surface area (TPSA) is 171 Å². The Morgan fingerprint density at radius 2 is 1.61 bits per heavy atom. The molecule has 1 aliphatic rings. The van der Waals surface area contributed by atoms with Crippen molar-refractivity contribution in [3.8, 4) is 11.5 Å². The summed E-state index contributed by atoms with van der Waals surface area (Å²) in [6, 6.07) is 15.1. The molecule has 1 aromatic heterocycles. The largest absolute Gasteiger partial charge is 0.504 e. The van der Waals surface area contributed by atoms with Crippen LogP contribution in [-0.4, -0.2) is 59.1 Å². The number of aromatic hydroxyl groups is 1. The third-order valence-electron chi connectivity index (χ3n) is 11.1. The van der Waals surface area contributed by atoms with Crippen LogP contribution in [0.4, 0.5) is 10.5 Å². The molecule has 4 aromatic rings. The number of ether oxygens (including phenoxy) is 2. The van der Waals surface area contributed by atoms with Crippen LogP contribution in [0, 0.1) is 17.8 Å². The van der Waals surface area contributed by atoms with Gasteiger partial charge in [0.15, 0.2) is 11.5 Å². The molecule has 5 rings (SSSR count). The van der Waals surface area contributed by atoms with Crippen LogP contribution < -0.4 is 26.0 Å². The number of rotatable bonds is 17. The first-order valence-corrected chi connectivity index (χ1v) is 20.3. The molecule has 14 heteroatoms. The van der Waals surface area contributed by atoms with E-state index in [0.29, 0.717) is 47.8 Å². The standard InChI is InChI=1S/C43H53Cl2N5O7/c1-6-24(3)38(41(53)46-29-14-17-35(51)36(22-29)56-5)49-37(52)18-16-33(27-13-15-34-30(19-27)31-20-28(44)21-32(45)40(31)47-34)48-42(54)39(25(4)7-2)50-43(55)57-23-26-11-9-8-10-12-26/h8-12,14,17,20-22,24-25,27,33,38-39,47,51H,6-7,13,15-16,18-19,23H2,1-5H3,(H,46,53)(H,48,54)(H,49,52)(H,50,55)/t24?,25?,27?,33-,38-,39-/m0/s1. The van der Waals surface area contributed by atoms with E-state index in [1.165, 1.54) is 19.2 Å². The van der Waals surface area contributed by atoms with Crippen LogP contribution in [0.25, 0.3) is 10.9 Å². The molecular formula is C43H53Cl2N5O7. The number of alkyl carbamates (subject to hydrolysis) is 1. The number of anilines is 1. The number of carbonyl (C=O) groups excluding carboxylic acids is 4. The molecule has 0 bridgehead atoms. The van der Waals surface area contributed by atoms with Gasteiger partial charge < -0.3 is 40.8 Å². The lowest BCUT2D eigenvalue weighted by Gasteiger charge is -2.33. The van der Waals surface area contributed by atoms with Crippen molar-refractivity contribution in [1.29, 1.82) is 0 Å². The number of hydrogen-bond acceptors (Lipinski definition) is 7. The molecule has 0 radical (unpaired) electrons. The quantitative estimate of drug-likeness (QED) is 0.0585.